The molecule has 34 heavy (non-hydrogen) atoms. The van der Waals surface area contributed by atoms with Crippen molar-refractivity contribution in [2.45, 2.75) is 4.87 Å². The molecule has 7 nitrogen and oxygen atoms in total. The van der Waals surface area contributed by atoms with Crippen molar-refractivity contribution in [3.63, 3.8) is 0 Å². The van der Waals surface area contributed by atoms with Crippen LogP contribution in [-0.2, 0) is 19.3 Å². The van der Waals surface area contributed by atoms with Crippen LogP contribution in [0.25, 0.3) is 0 Å². The summed E-state index contributed by atoms with van der Waals surface area (Å²) >= 11 is 7.27. The van der Waals surface area contributed by atoms with Crippen LogP contribution in [0.5, 0.6) is 5.75 Å². The van der Waals surface area contributed by atoms with Crippen molar-refractivity contribution in [1.82, 2.24) is 0 Å². The number of anilines is 3. The first-order valence-corrected chi connectivity index (χ1v) is 11.9. The van der Waals surface area contributed by atoms with Crippen LogP contribution in [-0.4, -0.2) is 37.1 Å². The third kappa shape index (κ3) is 3.59. The van der Waals surface area contributed by atoms with Crippen LogP contribution in [0.3, 0.4) is 0 Å². The lowest BCUT2D eigenvalue weighted by atomic mass is 10.0. The number of halogens is 1. The Morgan fingerprint density at radius 3 is 2.68 bits per heavy atom. The number of carbonyl (C=O) groups is 3. The summed E-state index contributed by atoms with van der Waals surface area (Å²) in [7, 11) is 1.55. The molecule has 9 heteroatoms. The van der Waals surface area contributed by atoms with E-state index in [-0.39, 0.29) is 30.0 Å². The van der Waals surface area contributed by atoms with Gasteiger partial charge in [-0.3, -0.25) is 24.2 Å². The van der Waals surface area contributed by atoms with E-state index in [1.54, 1.807) is 61.7 Å². The molecule has 2 aliphatic heterocycles. The smallest absolute Gasteiger partial charge is 0.269 e. The van der Waals surface area contributed by atoms with Gasteiger partial charge in [0.25, 0.3) is 5.91 Å². The van der Waals surface area contributed by atoms with Gasteiger partial charge in [-0.15, -0.1) is 11.8 Å². The number of amides is 3. The van der Waals surface area contributed by atoms with Crippen molar-refractivity contribution >= 4 is 58.1 Å². The summed E-state index contributed by atoms with van der Waals surface area (Å²) in [4.78, 5) is 41.6. The molecule has 1 atom stereocenters. The van der Waals surface area contributed by atoms with E-state index < -0.39 is 4.87 Å². The first kappa shape index (κ1) is 22.3. The Kier molecular flexibility index (Phi) is 5.71. The molecule has 0 aliphatic carbocycles. The summed E-state index contributed by atoms with van der Waals surface area (Å²) in [5.74, 6) is -0.182. The van der Waals surface area contributed by atoms with Crippen LogP contribution in [0.1, 0.15) is 5.56 Å². The SMILES string of the molecule is COc1cccc(N2C(=O)CS[C@@]23C(=O)N(CC(=O)Nc2cccc(Cl)c2)c2ccccc23)c1. The Balaban J connectivity index is 1.52. The van der Waals surface area contributed by atoms with Gasteiger partial charge in [-0.25, -0.2) is 0 Å². The molecule has 0 radical (unpaired) electrons. The third-order valence-corrected chi connectivity index (χ3v) is 7.41. The summed E-state index contributed by atoms with van der Waals surface area (Å²) in [5.41, 5.74) is 2.37. The van der Waals surface area contributed by atoms with E-state index in [0.29, 0.717) is 33.4 Å². The number of hydrogen-bond donors (Lipinski definition) is 1. The van der Waals surface area contributed by atoms with E-state index >= 15 is 0 Å². The van der Waals surface area contributed by atoms with E-state index in [9.17, 15) is 14.4 Å². The Morgan fingerprint density at radius 1 is 1.09 bits per heavy atom. The van der Waals surface area contributed by atoms with Crippen molar-refractivity contribution in [1.29, 1.82) is 0 Å². The van der Waals surface area contributed by atoms with Gasteiger partial charge in [0.1, 0.15) is 12.3 Å². The average Bonchev–Trinajstić information content (AvgIpc) is 3.30. The molecule has 3 aromatic rings. The number of ether oxygens (including phenoxy) is 1. The largest absolute Gasteiger partial charge is 0.497 e. The van der Waals surface area contributed by atoms with Gasteiger partial charge in [0, 0.05) is 28.0 Å². The van der Waals surface area contributed by atoms with Gasteiger partial charge in [-0.05, 0) is 36.4 Å². The van der Waals surface area contributed by atoms with Crippen molar-refractivity contribution in [2.75, 3.05) is 34.5 Å². The Hall–Kier alpha value is -3.49. The maximum atomic E-state index is 14.0. The van der Waals surface area contributed by atoms with Crippen LogP contribution in [0.15, 0.2) is 72.8 Å². The number of nitrogens with one attached hydrogen (secondary N) is 1. The summed E-state index contributed by atoms with van der Waals surface area (Å²) in [6, 6.07) is 21.1. The average molecular weight is 494 g/mol. The molecular weight excluding hydrogens is 474 g/mol. The second-order valence-electron chi connectivity index (χ2n) is 7.83. The van der Waals surface area contributed by atoms with Gasteiger partial charge in [-0.1, -0.05) is 41.9 Å². The van der Waals surface area contributed by atoms with Crippen LogP contribution in [0.2, 0.25) is 5.02 Å². The summed E-state index contributed by atoms with van der Waals surface area (Å²) in [6.07, 6.45) is 0. The summed E-state index contributed by atoms with van der Waals surface area (Å²) in [6.45, 7) is -0.204. The number of rotatable bonds is 5. The van der Waals surface area contributed by atoms with E-state index in [1.165, 1.54) is 21.6 Å². The quantitative estimate of drug-likeness (QED) is 0.574. The second-order valence-corrected chi connectivity index (χ2v) is 9.43. The summed E-state index contributed by atoms with van der Waals surface area (Å²) in [5, 5.41) is 3.28. The molecule has 0 saturated carbocycles. The molecule has 1 spiro atoms. The molecule has 1 N–H and O–H groups in total. The molecule has 5 rings (SSSR count). The summed E-state index contributed by atoms with van der Waals surface area (Å²) < 4.78 is 5.33. The van der Waals surface area contributed by atoms with Crippen molar-refractivity contribution in [2.24, 2.45) is 0 Å². The predicted molar refractivity (Wildman–Crippen MR) is 133 cm³/mol. The monoisotopic (exact) mass is 493 g/mol. The lowest BCUT2D eigenvalue weighted by Gasteiger charge is -2.33. The molecule has 1 fully saturated rings. The highest BCUT2D eigenvalue weighted by molar-refractivity contribution is 8.02. The van der Waals surface area contributed by atoms with E-state index in [1.807, 2.05) is 18.2 Å². The van der Waals surface area contributed by atoms with E-state index in [2.05, 4.69) is 5.32 Å². The first-order valence-electron chi connectivity index (χ1n) is 10.5. The zero-order chi connectivity index (χ0) is 23.9. The minimum Gasteiger partial charge on any atom is -0.497 e. The minimum atomic E-state index is -1.30. The van der Waals surface area contributed by atoms with Gasteiger partial charge in [0.05, 0.1) is 18.6 Å². The first-order chi connectivity index (χ1) is 16.4. The number of para-hydroxylation sites is 1. The van der Waals surface area contributed by atoms with Crippen molar-refractivity contribution < 1.29 is 19.1 Å². The number of hydrogen-bond acceptors (Lipinski definition) is 5. The number of nitrogens with zero attached hydrogens (tertiary/aromatic N) is 2. The molecule has 3 aromatic carbocycles. The van der Waals surface area contributed by atoms with Crippen LogP contribution < -0.4 is 19.9 Å². The Labute approximate surface area is 205 Å². The molecule has 0 bridgehead atoms. The second kappa shape index (κ2) is 8.70. The normalized spacial score (nSPS) is 19.0. The fourth-order valence-electron chi connectivity index (χ4n) is 4.37. The zero-order valence-electron chi connectivity index (χ0n) is 18.2. The highest BCUT2D eigenvalue weighted by Gasteiger charge is 2.61. The fourth-order valence-corrected chi connectivity index (χ4v) is 5.92. The van der Waals surface area contributed by atoms with Gasteiger partial charge in [0.15, 0.2) is 0 Å². The molecule has 3 amide bonds. The van der Waals surface area contributed by atoms with E-state index in [0.717, 1.165) is 0 Å². The van der Waals surface area contributed by atoms with Crippen molar-refractivity contribution in [3.05, 3.63) is 83.4 Å². The van der Waals surface area contributed by atoms with Crippen LogP contribution in [0.4, 0.5) is 17.1 Å². The molecule has 2 heterocycles. The van der Waals surface area contributed by atoms with Crippen LogP contribution in [0, 0.1) is 0 Å². The fraction of sp³-hybridized carbons (Fsp3) is 0.160. The van der Waals surface area contributed by atoms with Crippen LogP contribution >= 0.6 is 23.4 Å². The number of carbonyl (C=O) groups excluding carboxylic acids is 3. The van der Waals surface area contributed by atoms with Gasteiger partial charge < -0.3 is 10.1 Å². The highest BCUT2D eigenvalue weighted by Crippen LogP contribution is 2.55. The number of benzene rings is 3. The standard InChI is InChI=1S/C25H20ClN3O4S/c1-33-19-9-5-8-18(13-19)29-23(31)15-34-25(29)20-10-2-3-11-21(20)28(24(25)32)14-22(30)27-17-7-4-6-16(26)12-17/h2-13H,14-15H2,1H3,(H,27,30)/t25-/m0/s1. The molecule has 0 aromatic heterocycles. The molecular formula is C25H20ClN3O4S. The lowest BCUT2D eigenvalue weighted by molar-refractivity contribution is -0.124. The van der Waals surface area contributed by atoms with E-state index in [4.69, 9.17) is 16.3 Å². The minimum absolute atomic E-state index is 0.139. The zero-order valence-corrected chi connectivity index (χ0v) is 19.7. The number of methoxy groups -OCH3 is 1. The highest BCUT2D eigenvalue weighted by atomic mass is 35.5. The Bertz CT molecular complexity index is 1320. The lowest BCUT2D eigenvalue weighted by Crippen LogP contribution is -2.50. The topological polar surface area (TPSA) is 79.0 Å². The maximum Gasteiger partial charge on any atom is 0.269 e. The van der Waals surface area contributed by atoms with Gasteiger partial charge >= 0.3 is 0 Å². The maximum absolute atomic E-state index is 14.0. The predicted octanol–water partition coefficient (Wildman–Crippen LogP) is 4.27. The number of fused-ring (bicyclic) bond motifs is 2. The molecule has 172 valence electrons. The Morgan fingerprint density at radius 2 is 1.88 bits per heavy atom. The molecule has 1 saturated heterocycles. The molecule has 0 unspecified atom stereocenters. The third-order valence-electron chi connectivity index (χ3n) is 5.79. The van der Waals surface area contributed by atoms with Gasteiger partial charge in [0.2, 0.25) is 16.7 Å². The van der Waals surface area contributed by atoms with Gasteiger partial charge in [-0.2, -0.15) is 0 Å². The van der Waals surface area contributed by atoms with Crippen molar-refractivity contribution in [3.8, 4) is 5.75 Å². The number of thioether (sulfide) groups is 1. The molecule has 2 aliphatic rings.